The van der Waals surface area contributed by atoms with Crippen LogP contribution in [0.25, 0.3) is 16.7 Å². The summed E-state index contributed by atoms with van der Waals surface area (Å²) in [6, 6.07) is 20.3. The van der Waals surface area contributed by atoms with Crippen molar-refractivity contribution in [3.05, 3.63) is 77.9 Å². The summed E-state index contributed by atoms with van der Waals surface area (Å²) in [6.45, 7) is 0. The Morgan fingerprint density at radius 2 is 1.41 bits per heavy atom. The van der Waals surface area contributed by atoms with Gasteiger partial charge in [-0.25, -0.2) is 0 Å². The van der Waals surface area contributed by atoms with Crippen molar-refractivity contribution in [3.8, 4) is 23.3 Å². The fourth-order valence-electron chi connectivity index (χ4n) is 2.52. The Bertz CT molecular complexity index is 810. The topological polar surface area (TPSA) is 47.6 Å². The highest BCUT2D eigenvalue weighted by atomic mass is 14.3. The third-order valence-corrected chi connectivity index (χ3v) is 3.83. The van der Waals surface area contributed by atoms with E-state index in [9.17, 15) is 0 Å². The molecular formula is C20H14N2. The molecule has 0 aliphatic heterocycles. The highest BCUT2D eigenvalue weighted by molar-refractivity contribution is 5.77. The van der Waals surface area contributed by atoms with Crippen molar-refractivity contribution in [2.45, 2.75) is 6.42 Å². The number of nitrogens with zero attached hydrogens (tertiary/aromatic N) is 2. The lowest BCUT2D eigenvalue weighted by atomic mass is 9.93. The van der Waals surface area contributed by atoms with Crippen molar-refractivity contribution in [2.24, 2.45) is 5.92 Å². The summed E-state index contributed by atoms with van der Waals surface area (Å²) < 4.78 is 0. The van der Waals surface area contributed by atoms with Crippen LogP contribution in [0.1, 0.15) is 17.5 Å². The predicted molar refractivity (Wildman–Crippen MR) is 87.4 cm³/mol. The van der Waals surface area contributed by atoms with E-state index in [1.165, 1.54) is 0 Å². The second-order valence-electron chi connectivity index (χ2n) is 5.26. The van der Waals surface area contributed by atoms with E-state index in [0.717, 1.165) is 28.7 Å². The smallest absolute Gasteiger partial charge is 0.0991 e. The Balaban J connectivity index is 1.81. The maximum absolute atomic E-state index is 8.90. The molecule has 2 aromatic carbocycles. The van der Waals surface area contributed by atoms with Crippen LogP contribution in [0.4, 0.5) is 0 Å². The molecule has 22 heavy (non-hydrogen) atoms. The molecule has 2 nitrogen and oxygen atoms in total. The molecule has 0 saturated heterocycles. The molecule has 0 radical (unpaired) electrons. The number of hydrogen-bond acceptors (Lipinski definition) is 2. The Kier molecular flexibility index (Phi) is 3.86. The van der Waals surface area contributed by atoms with E-state index in [4.69, 9.17) is 10.5 Å². The van der Waals surface area contributed by atoms with Gasteiger partial charge in [0.25, 0.3) is 0 Å². The lowest BCUT2D eigenvalue weighted by Crippen LogP contribution is -1.96. The Morgan fingerprint density at radius 3 is 1.91 bits per heavy atom. The van der Waals surface area contributed by atoms with Gasteiger partial charge in [0.1, 0.15) is 0 Å². The Morgan fingerprint density at radius 1 is 0.818 bits per heavy atom. The monoisotopic (exact) mass is 282 g/mol. The molecular weight excluding hydrogens is 268 g/mol. The zero-order valence-corrected chi connectivity index (χ0v) is 12.0. The van der Waals surface area contributed by atoms with Gasteiger partial charge in [-0.15, -0.1) is 0 Å². The van der Waals surface area contributed by atoms with Crippen LogP contribution < -0.4 is 0 Å². The molecule has 0 amide bonds. The fourth-order valence-corrected chi connectivity index (χ4v) is 2.52. The van der Waals surface area contributed by atoms with Gasteiger partial charge in [-0.2, -0.15) is 10.5 Å². The number of rotatable bonds is 2. The van der Waals surface area contributed by atoms with Gasteiger partial charge >= 0.3 is 0 Å². The Labute approximate surface area is 130 Å². The molecule has 0 N–H and O–H groups in total. The van der Waals surface area contributed by atoms with Crippen LogP contribution in [0.2, 0.25) is 0 Å². The highest BCUT2D eigenvalue weighted by Crippen LogP contribution is 2.26. The largest absolute Gasteiger partial charge is 0.198 e. The SMILES string of the molecule is N#Cc1ccc(-c2ccc(C3=CCC(C#N)C=C3)cc2)cc1. The van der Waals surface area contributed by atoms with Gasteiger partial charge < -0.3 is 0 Å². The van der Waals surface area contributed by atoms with Crippen LogP contribution in [-0.4, -0.2) is 0 Å². The molecule has 0 aromatic heterocycles. The standard InChI is InChI=1S/C20H14N2/c21-13-15-1-5-17(6-2-15)19-9-11-20(12-10-19)18-7-3-16(14-22)4-8-18/h1-3,5-12,16H,4H2. The molecule has 1 aliphatic carbocycles. The highest BCUT2D eigenvalue weighted by Gasteiger charge is 2.08. The van der Waals surface area contributed by atoms with Crippen molar-refractivity contribution >= 4 is 5.57 Å². The van der Waals surface area contributed by atoms with Crippen molar-refractivity contribution < 1.29 is 0 Å². The van der Waals surface area contributed by atoms with E-state index in [0.29, 0.717) is 5.56 Å². The van der Waals surface area contributed by atoms with Crippen LogP contribution >= 0.6 is 0 Å². The van der Waals surface area contributed by atoms with Crippen molar-refractivity contribution in [2.75, 3.05) is 0 Å². The van der Waals surface area contributed by atoms with E-state index in [2.05, 4.69) is 42.5 Å². The summed E-state index contributed by atoms with van der Waals surface area (Å²) in [5.41, 5.74) is 5.22. The second kappa shape index (κ2) is 6.12. The molecule has 2 aromatic rings. The molecule has 0 heterocycles. The number of allylic oxidation sites excluding steroid dienone is 4. The van der Waals surface area contributed by atoms with Gasteiger partial charge in [0.2, 0.25) is 0 Å². The van der Waals surface area contributed by atoms with E-state index < -0.39 is 0 Å². The quantitative estimate of drug-likeness (QED) is 0.801. The summed E-state index contributed by atoms with van der Waals surface area (Å²) in [7, 11) is 0. The van der Waals surface area contributed by atoms with Gasteiger partial charge in [0.05, 0.1) is 23.6 Å². The molecule has 2 heteroatoms. The van der Waals surface area contributed by atoms with Gasteiger partial charge in [0.15, 0.2) is 0 Å². The first-order chi connectivity index (χ1) is 10.8. The molecule has 0 fully saturated rings. The van der Waals surface area contributed by atoms with E-state index in [1.54, 1.807) is 0 Å². The molecule has 104 valence electrons. The van der Waals surface area contributed by atoms with Crippen LogP contribution in [0.3, 0.4) is 0 Å². The van der Waals surface area contributed by atoms with Crippen LogP contribution in [0.15, 0.2) is 66.8 Å². The van der Waals surface area contributed by atoms with E-state index in [1.807, 2.05) is 36.4 Å². The molecule has 0 spiro atoms. The minimum atomic E-state index is 0.00155. The number of benzene rings is 2. The van der Waals surface area contributed by atoms with Gasteiger partial charge in [-0.3, -0.25) is 0 Å². The third-order valence-electron chi connectivity index (χ3n) is 3.83. The van der Waals surface area contributed by atoms with Crippen molar-refractivity contribution in [3.63, 3.8) is 0 Å². The molecule has 3 rings (SSSR count). The predicted octanol–water partition coefficient (Wildman–Crippen LogP) is 4.71. The molecule has 0 bridgehead atoms. The van der Waals surface area contributed by atoms with Crippen LogP contribution in [0.5, 0.6) is 0 Å². The van der Waals surface area contributed by atoms with Crippen molar-refractivity contribution in [1.29, 1.82) is 10.5 Å². The van der Waals surface area contributed by atoms with Gasteiger partial charge in [-0.05, 0) is 40.8 Å². The third kappa shape index (κ3) is 2.82. The fraction of sp³-hybridized carbons (Fsp3) is 0.100. The van der Waals surface area contributed by atoms with Gasteiger partial charge in [-0.1, -0.05) is 54.6 Å². The summed E-state index contributed by atoms with van der Waals surface area (Å²) in [4.78, 5) is 0. The summed E-state index contributed by atoms with van der Waals surface area (Å²) in [5.74, 6) is 0.00155. The minimum absolute atomic E-state index is 0.00155. The summed E-state index contributed by atoms with van der Waals surface area (Å²) in [6.07, 6.45) is 6.88. The summed E-state index contributed by atoms with van der Waals surface area (Å²) in [5, 5.41) is 17.7. The maximum atomic E-state index is 8.90. The molecule has 0 saturated carbocycles. The second-order valence-corrected chi connectivity index (χ2v) is 5.26. The number of hydrogen-bond donors (Lipinski definition) is 0. The van der Waals surface area contributed by atoms with Crippen LogP contribution in [-0.2, 0) is 0 Å². The zero-order chi connectivity index (χ0) is 15.4. The zero-order valence-electron chi connectivity index (χ0n) is 12.0. The first kappa shape index (κ1) is 13.9. The Hall–Kier alpha value is -3.10. The first-order valence-corrected chi connectivity index (χ1v) is 7.19. The van der Waals surface area contributed by atoms with E-state index >= 15 is 0 Å². The van der Waals surface area contributed by atoms with Gasteiger partial charge in [0, 0.05) is 0 Å². The molecule has 1 unspecified atom stereocenters. The average molecular weight is 282 g/mol. The normalized spacial score (nSPS) is 16.5. The number of nitriles is 2. The lowest BCUT2D eigenvalue weighted by molar-refractivity contribution is 0.840. The van der Waals surface area contributed by atoms with Crippen LogP contribution in [0, 0.1) is 28.6 Å². The average Bonchev–Trinajstić information content (AvgIpc) is 2.62. The first-order valence-electron chi connectivity index (χ1n) is 7.19. The summed E-state index contributed by atoms with van der Waals surface area (Å²) >= 11 is 0. The van der Waals surface area contributed by atoms with Crippen molar-refractivity contribution in [1.82, 2.24) is 0 Å². The van der Waals surface area contributed by atoms with E-state index in [-0.39, 0.29) is 5.92 Å². The lowest BCUT2D eigenvalue weighted by Gasteiger charge is -2.11. The molecule has 1 aliphatic rings. The molecule has 1 atom stereocenters. The minimum Gasteiger partial charge on any atom is -0.198 e. The maximum Gasteiger partial charge on any atom is 0.0991 e.